The summed E-state index contributed by atoms with van der Waals surface area (Å²) in [6, 6.07) is -1.13. The van der Waals surface area contributed by atoms with Crippen LogP contribution < -0.4 is 10.6 Å². The summed E-state index contributed by atoms with van der Waals surface area (Å²) in [5.41, 5.74) is 0. The normalized spacial score (nSPS) is 19.5. The molecular weight excluding hydrogens is 226 g/mol. The van der Waals surface area contributed by atoms with Crippen LogP contribution in [0.4, 0.5) is 4.79 Å². The SMILES string of the molecule is CCNC(=O)N1CCNC(=O)[C@H]1CC(=O)OC. The van der Waals surface area contributed by atoms with E-state index in [1.807, 2.05) is 0 Å². The van der Waals surface area contributed by atoms with Crippen LogP contribution in [0.25, 0.3) is 0 Å². The molecule has 1 aliphatic rings. The molecule has 7 nitrogen and oxygen atoms in total. The minimum absolute atomic E-state index is 0.126. The topological polar surface area (TPSA) is 87.7 Å². The number of rotatable bonds is 3. The van der Waals surface area contributed by atoms with Gasteiger partial charge in [0.05, 0.1) is 13.5 Å². The van der Waals surface area contributed by atoms with Gasteiger partial charge in [0.2, 0.25) is 5.91 Å². The number of piperazine rings is 1. The maximum Gasteiger partial charge on any atom is 0.318 e. The van der Waals surface area contributed by atoms with Crippen LogP contribution in [0, 0.1) is 0 Å². The van der Waals surface area contributed by atoms with Crippen LogP contribution in [0.2, 0.25) is 0 Å². The third-order valence-corrected chi connectivity index (χ3v) is 2.51. The monoisotopic (exact) mass is 243 g/mol. The van der Waals surface area contributed by atoms with Crippen molar-refractivity contribution < 1.29 is 19.1 Å². The largest absolute Gasteiger partial charge is 0.469 e. The summed E-state index contributed by atoms with van der Waals surface area (Å²) in [5.74, 6) is -0.839. The Labute approximate surface area is 99.5 Å². The molecule has 0 aromatic carbocycles. The van der Waals surface area contributed by atoms with Gasteiger partial charge in [-0.15, -0.1) is 0 Å². The molecule has 2 N–H and O–H groups in total. The van der Waals surface area contributed by atoms with Gasteiger partial charge >= 0.3 is 12.0 Å². The summed E-state index contributed by atoms with van der Waals surface area (Å²) in [6.45, 7) is 3.05. The van der Waals surface area contributed by atoms with Crippen molar-refractivity contribution in [1.29, 1.82) is 0 Å². The van der Waals surface area contributed by atoms with E-state index in [0.29, 0.717) is 19.6 Å². The summed E-state index contributed by atoms with van der Waals surface area (Å²) < 4.78 is 4.51. The minimum Gasteiger partial charge on any atom is -0.469 e. The zero-order valence-corrected chi connectivity index (χ0v) is 9.99. The smallest absolute Gasteiger partial charge is 0.318 e. The van der Waals surface area contributed by atoms with Crippen LogP contribution in [-0.4, -0.2) is 55.6 Å². The maximum atomic E-state index is 11.7. The van der Waals surface area contributed by atoms with Gasteiger partial charge in [0.25, 0.3) is 0 Å². The third kappa shape index (κ3) is 3.33. The molecule has 7 heteroatoms. The van der Waals surface area contributed by atoms with Crippen LogP contribution in [0.5, 0.6) is 0 Å². The second-order valence-electron chi connectivity index (χ2n) is 3.62. The Balaban J connectivity index is 2.73. The number of nitrogens with one attached hydrogen (secondary N) is 2. The van der Waals surface area contributed by atoms with Gasteiger partial charge in [-0.1, -0.05) is 0 Å². The van der Waals surface area contributed by atoms with Gasteiger partial charge in [-0.25, -0.2) is 4.79 Å². The van der Waals surface area contributed by atoms with Gasteiger partial charge in [-0.05, 0) is 6.92 Å². The molecule has 96 valence electrons. The van der Waals surface area contributed by atoms with Crippen LogP contribution in [-0.2, 0) is 14.3 Å². The van der Waals surface area contributed by atoms with Crippen molar-refractivity contribution >= 4 is 17.9 Å². The van der Waals surface area contributed by atoms with Crippen molar-refractivity contribution in [2.45, 2.75) is 19.4 Å². The third-order valence-electron chi connectivity index (χ3n) is 2.51. The highest BCUT2D eigenvalue weighted by Gasteiger charge is 2.34. The standard InChI is InChI=1S/C10H17N3O4/c1-3-11-10(16)13-5-4-12-9(15)7(13)6-8(14)17-2/h7H,3-6H2,1-2H3,(H,11,16)(H,12,15)/t7-/m1/s1. The molecule has 0 spiro atoms. The fraction of sp³-hybridized carbons (Fsp3) is 0.700. The second kappa shape index (κ2) is 6.07. The lowest BCUT2D eigenvalue weighted by atomic mass is 10.1. The molecule has 0 saturated carbocycles. The van der Waals surface area contributed by atoms with Crippen LogP contribution in [0.3, 0.4) is 0 Å². The number of nitrogens with zero attached hydrogens (tertiary/aromatic N) is 1. The Bertz CT molecular complexity index is 319. The molecule has 0 aromatic heterocycles. The van der Waals surface area contributed by atoms with E-state index < -0.39 is 12.0 Å². The molecule has 0 radical (unpaired) electrons. The van der Waals surface area contributed by atoms with Crippen LogP contribution in [0.1, 0.15) is 13.3 Å². The van der Waals surface area contributed by atoms with Crippen molar-refractivity contribution in [2.24, 2.45) is 0 Å². The lowest BCUT2D eigenvalue weighted by Crippen LogP contribution is -2.59. The summed E-state index contributed by atoms with van der Waals surface area (Å²) in [4.78, 5) is 35.9. The molecule has 0 aliphatic carbocycles. The molecule has 1 rings (SSSR count). The second-order valence-corrected chi connectivity index (χ2v) is 3.62. The van der Waals surface area contributed by atoms with Crippen molar-refractivity contribution in [2.75, 3.05) is 26.7 Å². The summed E-state index contributed by atoms with van der Waals surface area (Å²) in [5, 5.41) is 5.23. The Morgan fingerprint density at radius 2 is 2.29 bits per heavy atom. The molecule has 17 heavy (non-hydrogen) atoms. The molecule has 0 aromatic rings. The Morgan fingerprint density at radius 1 is 1.59 bits per heavy atom. The highest BCUT2D eigenvalue weighted by Crippen LogP contribution is 2.09. The highest BCUT2D eigenvalue weighted by atomic mass is 16.5. The fourth-order valence-electron chi connectivity index (χ4n) is 1.65. The number of esters is 1. The number of urea groups is 1. The molecule has 1 atom stereocenters. The fourth-order valence-corrected chi connectivity index (χ4v) is 1.65. The van der Waals surface area contributed by atoms with Crippen LogP contribution >= 0.6 is 0 Å². The lowest BCUT2D eigenvalue weighted by molar-refractivity contribution is -0.145. The Morgan fingerprint density at radius 3 is 2.88 bits per heavy atom. The van der Waals surface area contributed by atoms with Gasteiger partial charge in [0.15, 0.2) is 0 Å². The number of ether oxygens (including phenoxy) is 1. The van der Waals surface area contributed by atoms with Gasteiger partial charge in [0.1, 0.15) is 6.04 Å². The Kier molecular flexibility index (Phi) is 4.74. The van der Waals surface area contributed by atoms with Gasteiger partial charge in [-0.3, -0.25) is 9.59 Å². The minimum atomic E-state index is -0.789. The van der Waals surface area contributed by atoms with E-state index in [1.165, 1.54) is 12.0 Å². The molecule has 1 heterocycles. The average molecular weight is 243 g/mol. The Hall–Kier alpha value is -1.79. The van der Waals surface area contributed by atoms with Crippen molar-refractivity contribution in [3.8, 4) is 0 Å². The predicted octanol–water partition coefficient (Wildman–Crippen LogP) is -0.921. The van der Waals surface area contributed by atoms with Gasteiger partial charge < -0.3 is 20.3 Å². The van der Waals surface area contributed by atoms with Gasteiger partial charge in [0, 0.05) is 19.6 Å². The summed E-state index contributed by atoms with van der Waals surface area (Å²) >= 11 is 0. The molecular formula is C10H17N3O4. The molecule has 0 bridgehead atoms. The molecule has 3 amide bonds. The van der Waals surface area contributed by atoms with E-state index in [4.69, 9.17) is 0 Å². The van der Waals surface area contributed by atoms with E-state index in [2.05, 4.69) is 15.4 Å². The number of carbonyl (C=O) groups excluding carboxylic acids is 3. The number of carbonyl (C=O) groups is 3. The van der Waals surface area contributed by atoms with Crippen LogP contribution in [0.15, 0.2) is 0 Å². The predicted molar refractivity (Wildman–Crippen MR) is 59.2 cm³/mol. The zero-order valence-electron chi connectivity index (χ0n) is 9.99. The average Bonchev–Trinajstić information content (AvgIpc) is 2.31. The molecule has 0 unspecified atom stereocenters. The molecule has 1 fully saturated rings. The highest BCUT2D eigenvalue weighted by molar-refractivity contribution is 5.91. The number of amides is 3. The zero-order chi connectivity index (χ0) is 12.8. The number of hydrogen-bond acceptors (Lipinski definition) is 4. The van der Waals surface area contributed by atoms with Crippen molar-refractivity contribution in [1.82, 2.24) is 15.5 Å². The van der Waals surface area contributed by atoms with Gasteiger partial charge in [-0.2, -0.15) is 0 Å². The first kappa shape index (κ1) is 13.3. The summed E-state index contributed by atoms with van der Waals surface area (Å²) in [6.07, 6.45) is -0.126. The summed E-state index contributed by atoms with van der Waals surface area (Å²) in [7, 11) is 1.25. The molecule has 1 aliphatic heterocycles. The maximum absolute atomic E-state index is 11.7. The number of methoxy groups -OCH3 is 1. The first-order valence-corrected chi connectivity index (χ1v) is 5.49. The first-order valence-electron chi connectivity index (χ1n) is 5.49. The van der Waals surface area contributed by atoms with E-state index in [0.717, 1.165) is 0 Å². The quantitative estimate of drug-likeness (QED) is 0.627. The first-order chi connectivity index (χ1) is 8.10. The molecule has 1 saturated heterocycles. The van der Waals surface area contributed by atoms with E-state index in [-0.39, 0.29) is 18.4 Å². The van der Waals surface area contributed by atoms with Crippen molar-refractivity contribution in [3.63, 3.8) is 0 Å². The van der Waals surface area contributed by atoms with E-state index in [1.54, 1.807) is 6.92 Å². The van der Waals surface area contributed by atoms with Crippen molar-refractivity contribution in [3.05, 3.63) is 0 Å². The number of hydrogen-bond donors (Lipinski definition) is 2. The van der Waals surface area contributed by atoms with E-state index in [9.17, 15) is 14.4 Å². The lowest BCUT2D eigenvalue weighted by Gasteiger charge is -2.34. The van der Waals surface area contributed by atoms with E-state index >= 15 is 0 Å².